The molecule has 0 unspecified atom stereocenters. The topological polar surface area (TPSA) is 58.6 Å². The minimum absolute atomic E-state index is 0.0165. The zero-order valence-electron chi connectivity index (χ0n) is 15.0. The Labute approximate surface area is 149 Å². The number of ether oxygens (including phenoxy) is 1. The van der Waals surface area contributed by atoms with E-state index in [9.17, 15) is 9.59 Å². The van der Waals surface area contributed by atoms with Gasteiger partial charge in [0.05, 0.1) is 0 Å². The van der Waals surface area contributed by atoms with Crippen molar-refractivity contribution in [1.82, 2.24) is 10.2 Å². The maximum Gasteiger partial charge on any atom is 0.258 e. The van der Waals surface area contributed by atoms with Gasteiger partial charge in [0.15, 0.2) is 6.61 Å². The average Bonchev–Trinajstić information content (AvgIpc) is 3.16. The smallest absolute Gasteiger partial charge is 0.258 e. The van der Waals surface area contributed by atoms with Crippen LogP contribution in [0.5, 0.6) is 5.75 Å². The van der Waals surface area contributed by atoms with Gasteiger partial charge in [0.1, 0.15) is 5.75 Å². The zero-order chi connectivity index (χ0) is 17.6. The monoisotopic (exact) mass is 344 g/mol. The number of nitrogens with one attached hydrogen (secondary N) is 1. The van der Waals surface area contributed by atoms with Crippen LogP contribution in [0.3, 0.4) is 0 Å². The van der Waals surface area contributed by atoms with Gasteiger partial charge in [-0.25, -0.2) is 0 Å². The molecular weight excluding hydrogens is 316 g/mol. The van der Waals surface area contributed by atoms with Gasteiger partial charge in [-0.2, -0.15) is 0 Å². The van der Waals surface area contributed by atoms with Gasteiger partial charge in [0, 0.05) is 24.7 Å². The van der Waals surface area contributed by atoms with E-state index in [4.69, 9.17) is 4.74 Å². The molecule has 1 aromatic rings. The number of carbonyl (C=O) groups is 2. The average molecular weight is 344 g/mol. The molecule has 1 saturated heterocycles. The van der Waals surface area contributed by atoms with Crippen LogP contribution in [-0.2, 0) is 4.79 Å². The molecule has 2 aliphatic rings. The van der Waals surface area contributed by atoms with Crippen molar-refractivity contribution >= 4 is 11.8 Å². The summed E-state index contributed by atoms with van der Waals surface area (Å²) in [5.41, 5.74) is 0.676. The van der Waals surface area contributed by atoms with Crippen molar-refractivity contribution < 1.29 is 14.3 Å². The van der Waals surface area contributed by atoms with Gasteiger partial charge in [-0.15, -0.1) is 0 Å². The Morgan fingerprint density at radius 3 is 2.44 bits per heavy atom. The van der Waals surface area contributed by atoms with E-state index in [1.54, 1.807) is 24.3 Å². The number of nitrogens with zero attached hydrogens (tertiary/aromatic N) is 1. The van der Waals surface area contributed by atoms with E-state index in [0.29, 0.717) is 17.2 Å². The highest BCUT2D eigenvalue weighted by Crippen LogP contribution is 2.23. The lowest BCUT2D eigenvalue weighted by Gasteiger charge is -2.29. The number of carbonyl (C=O) groups excluding carboxylic acids is 2. The molecule has 0 aromatic heterocycles. The first-order chi connectivity index (χ1) is 12.1. The summed E-state index contributed by atoms with van der Waals surface area (Å²) in [4.78, 5) is 26.3. The molecule has 5 nitrogen and oxygen atoms in total. The summed E-state index contributed by atoms with van der Waals surface area (Å²) in [6, 6.07) is 7.35. The molecule has 1 aromatic carbocycles. The number of hydrogen-bond acceptors (Lipinski definition) is 3. The second kappa shape index (κ2) is 8.37. The summed E-state index contributed by atoms with van der Waals surface area (Å²) in [5.74, 6) is 1.16. The highest BCUT2D eigenvalue weighted by molar-refractivity contribution is 5.94. The molecule has 1 N–H and O–H groups in total. The van der Waals surface area contributed by atoms with E-state index in [1.807, 2.05) is 4.90 Å². The van der Waals surface area contributed by atoms with E-state index in [2.05, 4.69) is 12.2 Å². The molecule has 1 heterocycles. The highest BCUT2D eigenvalue weighted by atomic mass is 16.5. The lowest BCUT2D eigenvalue weighted by atomic mass is 9.86. The summed E-state index contributed by atoms with van der Waals surface area (Å²) in [6.07, 6.45) is 6.84. The van der Waals surface area contributed by atoms with E-state index in [0.717, 1.165) is 32.4 Å². The van der Waals surface area contributed by atoms with Crippen LogP contribution >= 0.6 is 0 Å². The van der Waals surface area contributed by atoms with Gasteiger partial charge < -0.3 is 15.0 Å². The lowest BCUT2D eigenvalue weighted by molar-refractivity contribution is -0.124. The van der Waals surface area contributed by atoms with Gasteiger partial charge >= 0.3 is 0 Å². The van der Waals surface area contributed by atoms with Crippen LogP contribution in [-0.4, -0.2) is 42.5 Å². The molecule has 1 aliphatic carbocycles. The van der Waals surface area contributed by atoms with Crippen molar-refractivity contribution in [3.8, 4) is 5.75 Å². The van der Waals surface area contributed by atoms with Crippen LogP contribution in [0.4, 0.5) is 0 Å². The van der Waals surface area contributed by atoms with Crippen LogP contribution in [0.1, 0.15) is 55.8 Å². The molecule has 0 spiro atoms. The first-order valence-corrected chi connectivity index (χ1v) is 9.45. The summed E-state index contributed by atoms with van der Waals surface area (Å²) < 4.78 is 5.57. The predicted octanol–water partition coefficient (Wildman–Crippen LogP) is 3.00. The SMILES string of the molecule is C[C@H]1CCCC[C@@H]1NC(=O)COc1ccc(C(=O)N2CCCC2)cc1. The van der Waals surface area contributed by atoms with Gasteiger partial charge in [0.25, 0.3) is 11.8 Å². The fourth-order valence-electron chi connectivity index (χ4n) is 3.72. The fraction of sp³-hybridized carbons (Fsp3) is 0.600. The molecule has 2 fully saturated rings. The highest BCUT2D eigenvalue weighted by Gasteiger charge is 2.23. The first kappa shape index (κ1) is 17.8. The third-order valence-electron chi connectivity index (χ3n) is 5.32. The number of benzene rings is 1. The van der Waals surface area contributed by atoms with Crippen molar-refractivity contribution in [3.05, 3.63) is 29.8 Å². The second-order valence-electron chi connectivity index (χ2n) is 7.25. The Morgan fingerprint density at radius 1 is 1.08 bits per heavy atom. The standard InChI is InChI=1S/C20H28N2O3/c1-15-6-2-3-7-18(15)21-19(23)14-25-17-10-8-16(9-11-17)20(24)22-12-4-5-13-22/h8-11,15,18H,2-7,12-14H2,1H3,(H,21,23)/t15-,18-/m0/s1. The summed E-state index contributed by atoms with van der Waals surface area (Å²) in [6.45, 7) is 3.90. The van der Waals surface area contributed by atoms with Crippen molar-refractivity contribution in [2.75, 3.05) is 19.7 Å². The summed E-state index contributed by atoms with van der Waals surface area (Å²) >= 11 is 0. The number of rotatable bonds is 5. The van der Waals surface area contributed by atoms with Gasteiger partial charge in [-0.3, -0.25) is 9.59 Å². The quantitative estimate of drug-likeness (QED) is 0.893. The molecule has 0 radical (unpaired) electrons. The molecule has 1 aliphatic heterocycles. The number of amides is 2. The minimum atomic E-state index is -0.0732. The van der Waals surface area contributed by atoms with Crippen molar-refractivity contribution in [2.24, 2.45) is 5.92 Å². The molecule has 2 amide bonds. The van der Waals surface area contributed by atoms with E-state index in [-0.39, 0.29) is 24.5 Å². The van der Waals surface area contributed by atoms with Crippen molar-refractivity contribution in [2.45, 2.75) is 51.5 Å². The van der Waals surface area contributed by atoms with Crippen LogP contribution in [0.25, 0.3) is 0 Å². The molecule has 136 valence electrons. The third kappa shape index (κ3) is 4.74. The summed E-state index contributed by atoms with van der Waals surface area (Å²) in [7, 11) is 0. The Kier molecular flexibility index (Phi) is 5.95. The molecule has 2 atom stereocenters. The minimum Gasteiger partial charge on any atom is -0.484 e. The molecule has 25 heavy (non-hydrogen) atoms. The third-order valence-corrected chi connectivity index (χ3v) is 5.32. The van der Waals surface area contributed by atoms with Crippen molar-refractivity contribution in [1.29, 1.82) is 0 Å². The normalized spacial score (nSPS) is 23.3. The molecule has 3 rings (SSSR count). The van der Waals surface area contributed by atoms with E-state index < -0.39 is 0 Å². The van der Waals surface area contributed by atoms with Crippen LogP contribution in [0.15, 0.2) is 24.3 Å². The van der Waals surface area contributed by atoms with Gasteiger partial charge in [-0.05, 0) is 55.9 Å². The molecule has 5 heteroatoms. The van der Waals surface area contributed by atoms with Crippen LogP contribution in [0, 0.1) is 5.92 Å². The fourth-order valence-corrected chi connectivity index (χ4v) is 3.72. The molecule has 0 bridgehead atoms. The zero-order valence-corrected chi connectivity index (χ0v) is 15.0. The second-order valence-corrected chi connectivity index (χ2v) is 7.25. The van der Waals surface area contributed by atoms with Crippen molar-refractivity contribution in [3.63, 3.8) is 0 Å². The van der Waals surface area contributed by atoms with Crippen LogP contribution in [0.2, 0.25) is 0 Å². The molecular formula is C20H28N2O3. The maximum atomic E-state index is 12.3. The van der Waals surface area contributed by atoms with Gasteiger partial charge in [0.2, 0.25) is 0 Å². The predicted molar refractivity (Wildman–Crippen MR) is 96.6 cm³/mol. The maximum absolute atomic E-state index is 12.3. The van der Waals surface area contributed by atoms with E-state index in [1.165, 1.54) is 19.3 Å². The largest absolute Gasteiger partial charge is 0.484 e. The summed E-state index contributed by atoms with van der Waals surface area (Å²) in [5, 5.41) is 3.08. The number of likely N-dealkylation sites (tertiary alicyclic amines) is 1. The Bertz CT molecular complexity index is 593. The van der Waals surface area contributed by atoms with E-state index >= 15 is 0 Å². The Hall–Kier alpha value is -2.04. The lowest BCUT2D eigenvalue weighted by Crippen LogP contribution is -2.43. The first-order valence-electron chi connectivity index (χ1n) is 9.45. The van der Waals surface area contributed by atoms with Gasteiger partial charge in [-0.1, -0.05) is 19.8 Å². The molecule has 1 saturated carbocycles. The Balaban J connectivity index is 1.46. The Morgan fingerprint density at radius 2 is 1.76 bits per heavy atom. The number of hydrogen-bond donors (Lipinski definition) is 1. The van der Waals surface area contributed by atoms with Crippen LogP contribution < -0.4 is 10.1 Å².